The van der Waals surface area contributed by atoms with Crippen LogP contribution < -0.4 is 11.1 Å². The third-order valence-electron chi connectivity index (χ3n) is 2.22. The number of aromatic amines is 1. The second kappa shape index (κ2) is 4.96. The van der Waals surface area contributed by atoms with E-state index in [9.17, 15) is 4.79 Å². The minimum absolute atomic E-state index is 0.219. The van der Waals surface area contributed by atoms with Crippen LogP contribution in [0.3, 0.4) is 0 Å². The van der Waals surface area contributed by atoms with E-state index in [1.54, 1.807) is 6.92 Å². The summed E-state index contributed by atoms with van der Waals surface area (Å²) in [5, 5.41) is 16.2. The van der Waals surface area contributed by atoms with Crippen LogP contribution in [0.2, 0.25) is 5.02 Å². The van der Waals surface area contributed by atoms with Gasteiger partial charge in [-0.05, 0) is 13.0 Å². The lowest BCUT2D eigenvalue weighted by Crippen LogP contribution is -2.27. The summed E-state index contributed by atoms with van der Waals surface area (Å²) < 4.78 is 0. The van der Waals surface area contributed by atoms with Gasteiger partial charge in [0.05, 0.1) is 16.6 Å². The van der Waals surface area contributed by atoms with Gasteiger partial charge in [0, 0.05) is 6.20 Å². The third-order valence-corrected chi connectivity index (χ3v) is 2.52. The molecule has 0 aromatic carbocycles. The lowest BCUT2D eigenvalue weighted by atomic mass is 10.2. The van der Waals surface area contributed by atoms with Crippen molar-refractivity contribution in [2.24, 2.45) is 0 Å². The Morgan fingerprint density at radius 3 is 3.06 bits per heavy atom. The number of tetrazole rings is 1. The average Bonchev–Trinajstić information content (AvgIpc) is 2.85. The summed E-state index contributed by atoms with van der Waals surface area (Å²) in [4.78, 5) is 15.7. The van der Waals surface area contributed by atoms with Crippen LogP contribution in [0.15, 0.2) is 12.3 Å². The first-order chi connectivity index (χ1) is 8.58. The van der Waals surface area contributed by atoms with Crippen LogP contribution in [0.1, 0.15) is 29.1 Å². The van der Waals surface area contributed by atoms with Crippen LogP contribution in [0.5, 0.6) is 0 Å². The Balaban J connectivity index is 2.15. The van der Waals surface area contributed by atoms with E-state index in [1.165, 1.54) is 12.3 Å². The molecule has 2 aromatic rings. The first-order valence-corrected chi connectivity index (χ1v) is 5.41. The van der Waals surface area contributed by atoms with E-state index in [1.807, 2.05) is 0 Å². The number of aromatic nitrogens is 5. The monoisotopic (exact) mass is 267 g/mol. The molecule has 0 fully saturated rings. The van der Waals surface area contributed by atoms with E-state index in [4.69, 9.17) is 17.3 Å². The number of carbonyl (C=O) groups is 1. The summed E-state index contributed by atoms with van der Waals surface area (Å²) in [7, 11) is 0. The molecule has 0 saturated heterocycles. The van der Waals surface area contributed by atoms with Crippen LogP contribution in [-0.2, 0) is 0 Å². The smallest absolute Gasteiger partial charge is 0.253 e. The molecule has 0 aliphatic carbocycles. The van der Waals surface area contributed by atoms with Crippen LogP contribution in [0.4, 0.5) is 5.82 Å². The van der Waals surface area contributed by atoms with Gasteiger partial charge in [0.25, 0.3) is 5.91 Å². The summed E-state index contributed by atoms with van der Waals surface area (Å²) in [6.45, 7) is 1.72. The lowest BCUT2D eigenvalue weighted by Gasteiger charge is -2.10. The number of amides is 1. The van der Waals surface area contributed by atoms with Crippen molar-refractivity contribution in [2.45, 2.75) is 13.0 Å². The quantitative estimate of drug-likeness (QED) is 0.736. The number of nitrogens with two attached hydrogens (primary N) is 1. The summed E-state index contributed by atoms with van der Waals surface area (Å²) in [5.41, 5.74) is 5.75. The molecule has 94 valence electrons. The Morgan fingerprint density at radius 2 is 2.39 bits per heavy atom. The van der Waals surface area contributed by atoms with E-state index in [2.05, 4.69) is 30.9 Å². The Hall–Kier alpha value is -2.22. The molecular formula is C9H10ClN7O. The zero-order valence-electron chi connectivity index (χ0n) is 9.38. The Labute approximate surface area is 107 Å². The number of anilines is 1. The van der Waals surface area contributed by atoms with Gasteiger partial charge >= 0.3 is 0 Å². The fourth-order valence-electron chi connectivity index (χ4n) is 1.32. The molecule has 1 unspecified atom stereocenters. The molecule has 2 heterocycles. The maximum absolute atomic E-state index is 12.0. The normalized spacial score (nSPS) is 12.1. The predicted octanol–water partition coefficient (Wildman–Crippen LogP) is 0.321. The van der Waals surface area contributed by atoms with Gasteiger partial charge in [-0.2, -0.15) is 5.21 Å². The number of nitrogens with zero attached hydrogens (tertiary/aromatic N) is 4. The van der Waals surface area contributed by atoms with Crippen molar-refractivity contribution < 1.29 is 4.79 Å². The van der Waals surface area contributed by atoms with Crippen molar-refractivity contribution in [3.05, 3.63) is 28.7 Å². The molecule has 1 amide bonds. The van der Waals surface area contributed by atoms with E-state index in [-0.39, 0.29) is 22.3 Å². The minimum Gasteiger partial charge on any atom is -0.384 e. The maximum Gasteiger partial charge on any atom is 0.253 e. The number of carbonyl (C=O) groups excluding carboxylic acids is 1. The second-order valence-corrected chi connectivity index (χ2v) is 3.96. The van der Waals surface area contributed by atoms with Gasteiger partial charge in [-0.3, -0.25) is 4.79 Å². The van der Waals surface area contributed by atoms with Crippen LogP contribution in [-0.4, -0.2) is 31.5 Å². The number of hydrogen-bond donors (Lipinski definition) is 3. The highest BCUT2D eigenvalue weighted by molar-refractivity contribution is 6.33. The molecule has 4 N–H and O–H groups in total. The van der Waals surface area contributed by atoms with Gasteiger partial charge in [0.1, 0.15) is 5.82 Å². The summed E-state index contributed by atoms with van der Waals surface area (Å²) >= 11 is 5.87. The number of nitrogens with one attached hydrogen (secondary N) is 2. The maximum atomic E-state index is 12.0. The van der Waals surface area contributed by atoms with Crippen molar-refractivity contribution in [3.63, 3.8) is 0 Å². The molecule has 0 aliphatic heterocycles. The number of rotatable bonds is 3. The molecule has 0 spiro atoms. The number of pyridine rings is 1. The number of hydrogen-bond acceptors (Lipinski definition) is 6. The van der Waals surface area contributed by atoms with Crippen LogP contribution in [0.25, 0.3) is 0 Å². The number of halogens is 1. The van der Waals surface area contributed by atoms with E-state index in [0.29, 0.717) is 5.82 Å². The van der Waals surface area contributed by atoms with Gasteiger partial charge in [-0.1, -0.05) is 16.8 Å². The van der Waals surface area contributed by atoms with Gasteiger partial charge in [-0.15, -0.1) is 10.2 Å². The molecule has 1 atom stereocenters. The molecule has 2 rings (SSSR count). The first-order valence-electron chi connectivity index (χ1n) is 5.03. The molecule has 18 heavy (non-hydrogen) atoms. The first kappa shape index (κ1) is 12.2. The largest absolute Gasteiger partial charge is 0.384 e. The highest BCUT2D eigenvalue weighted by Gasteiger charge is 2.17. The number of nitrogen functional groups attached to an aromatic ring is 1. The third kappa shape index (κ3) is 2.54. The van der Waals surface area contributed by atoms with Crippen molar-refractivity contribution in [2.75, 3.05) is 5.73 Å². The van der Waals surface area contributed by atoms with E-state index < -0.39 is 6.04 Å². The molecular weight excluding hydrogens is 258 g/mol. The van der Waals surface area contributed by atoms with Crippen LogP contribution >= 0.6 is 11.6 Å². The molecule has 0 saturated carbocycles. The fourth-order valence-corrected chi connectivity index (χ4v) is 1.51. The fraction of sp³-hybridized carbons (Fsp3) is 0.222. The highest BCUT2D eigenvalue weighted by atomic mass is 35.5. The van der Waals surface area contributed by atoms with Gasteiger partial charge < -0.3 is 11.1 Å². The Morgan fingerprint density at radius 1 is 1.61 bits per heavy atom. The van der Waals surface area contributed by atoms with Crippen molar-refractivity contribution in [3.8, 4) is 0 Å². The summed E-state index contributed by atoms with van der Waals surface area (Å²) in [6, 6.07) is 1.00. The van der Waals surface area contributed by atoms with E-state index >= 15 is 0 Å². The van der Waals surface area contributed by atoms with Gasteiger partial charge in [0.2, 0.25) is 0 Å². The average molecular weight is 268 g/mol. The molecule has 9 heteroatoms. The van der Waals surface area contributed by atoms with Crippen LogP contribution in [0, 0.1) is 0 Å². The lowest BCUT2D eigenvalue weighted by molar-refractivity contribution is 0.0938. The topological polar surface area (TPSA) is 122 Å². The zero-order valence-corrected chi connectivity index (χ0v) is 10.1. The highest BCUT2D eigenvalue weighted by Crippen LogP contribution is 2.17. The van der Waals surface area contributed by atoms with Gasteiger partial charge in [0.15, 0.2) is 5.82 Å². The second-order valence-electron chi connectivity index (χ2n) is 3.55. The predicted molar refractivity (Wildman–Crippen MR) is 63.7 cm³/mol. The summed E-state index contributed by atoms with van der Waals surface area (Å²) in [5.74, 6) is 0.213. The summed E-state index contributed by atoms with van der Waals surface area (Å²) in [6.07, 6.45) is 1.32. The molecule has 0 bridgehead atoms. The van der Waals surface area contributed by atoms with Crippen molar-refractivity contribution in [1.29, 1.82) is 0 Å². The van der Waals surface area contributed by atoms with E-state index in [0.717, 1.165) is 0 Å². The molecule has 8 nitrogen and oxygen atoms in total. The zero-order chi connectivity index (χ0) is 13.1. The Kier molecular flexibility index (Phi) is 3.38. The standard InChI is InChI=1S/C9H10ClN7O/c1-4(8-14-16-17-15-8)13-9(18)5-2-7(11)12-3-6(5)10/h2-4H,1H3,(H2,11,12)(H,13,18)(H,14,15,16,17). The SMILES string of the molecule is CC(NC(=O)c1cc(N)ncc1Cl)c1nn[nH]n1. The minimum atomic E-state index is -0.401. The number of H-pyrrole nitrogens is 1. The van der Waals surface area contributed by atoms with Crippen molar-refractivity contribution >= 4 is 23.3 Å². The molecule has 2 aromatic heterocycles. The van der Waals surface area contributed by atoms with Gasteiger partial charge in [-0.25, -0.2) is 4.98 Å². The molecule has 0 radical (unpaired) electrons. The Bertz CT molecular complexity index is 556. The van der Waals surface area contributed by atoms with Crippen molar-refractivity contribution in [1.82, 2.24) is 30.9 Å². The molecule has 0 aliphatic rings.